The molecule has 0 bridgehead atoms. The summed E-state index contributed by atoms with van der Waals surface area (Å²) in [5.74, 6) is 0.170. The Kier molecular flexibility index (Phi) is 2.74. The van der Waals surface area contributed by atoms with E-state index in [4.69, 9.17) is 0 Å². The van der Waals surface area contributed by atoms with Gasteiger partial charge in [-0.05, 0) is 39.3 Å². The molecule has 2 fully saturated rings. The second-order valence-corrected chi connectivity index (χ2v) is 4.53. The summed E-state index contributed by atoms with van der Waals surface area (Å²) in [6.45, 7) is 4.90. The molecule has 3 N–H and O–H groups in total. The summed E-state index contributed by atoms with van der Waals surface area (Å²) in [6, 6.07) is 0.335. The van der Waals surface area contributed by atoms with E-state index in [0.29, 0.717) is 6.04 Å². The normalized spacial score (nSPS) is 37.4. The van der Waals surface area contributed by atoms with Crippen molar-refractivity contribution in [3.63, 3.8) is 0 Å². The fraction of sp³-hybridized carbons (Fsp3) is 0.900. The van der Waals surface area contributed by atoms with Crippen molar-refractivity contribution in [2.24, 2.45) is 0 Å². The maximum Gasteiger partial charge on any atom is 0.240 e. The monoisotopic (exact) mass is 197 g/mol. The zero-order chi connectivity index (χ0) is 10.0. The molecule has 2 aliphatic heterocycles. The van der Waals surface area contributed by atoms with Crippen LogP contribution in [-0.4, -0.2) is 37.1 Å². The van der Waals surface area contributed by atoms with Gasteiger partial charge in [0, 0.05) is 12.6 Å². The van der Waals surface area contributed by atoms with Crippen molar-refractivity contribution in [1.82, 2.24) is 16.0 Å². The molecule has 1 amide bonds. The molecular weight excluding hydrogens is 178 g/mol. The van der Waals surface area contributed by atoms with Crippen LogP contribution in [0.5, 0.6) is 0 Å². The highest BCUT2D eigenvalue weighted by molar-refractivity contribution is 5.86. The first kappa shape index (κ1) is 9.93. The van der Waals surface area contributed by atoms with Gasteiger partial charge in [-0.2, -0.15) is 0 Å². The lowest BCUT2D eigenvalue weighted by Crippen LogP contribution is -2.54. The minimum absolute atomic E-state index is 0.170. The van der Waals surface area contributed by atoms with Crippen molar-refractivity contribution in [1.29, 1.82) is 0 Å². The lowest BCUT2D eigenvalue weighted by Gasteiger charge is -2.25. The van der Waals surface area contributed by atoms with Crippen molar-refractivity contribution in [3.8, 4) is 0 Å². The summed E-state index contributed by atoms with van der Waals surface area (Å²) in [7, 11) is 0. The molecule has 4 heteroatoms. The molecular formula is C10H19N3O. The van der Waals surface area contributed by atoms with Gasteiger partial charge in [0.1, 0.15) is 0 Å². The van der Waals surface area contributed by atoms with E-state index in [-0.39, 0.29) is 11.4 Å². The van der Waals surface area contributed by atoms with Gasteiger partial charge in [-0.15, -0.1) is 0 Å². The highest BCUT2D eigenvalue weighted by Crippen LogP contribution is 2.18. The van der Waals surface area contributed by atoms with Crippen molar-refractivity contribution in [3.05, 3.63) is 0 Å². The zero-order valence-electron chi connectivity index (χ0n) is 8.73. The van der Waals surface area contributed by atoms with Crippen LogP contribution < -0.4 is 16.0 Å². The van der Waals surface area contributed by atoms with Gasteiger partial charge >= 0.3 is 0 Å². The summed E-state index contributed by atoms with van der Waals surface area (Å²) in [6.07, 6.45) is 3.12. The Labute approximate surface area is 84.8 Å². The summed E-state index contributed by atoms with van der Waals surface area (Å²) < 4.78 is 0. The number of carbonyl (C=O) groups is 1. The third kappa shape index (κ3) is 1.91. The standard InChI is InChI=1S/C10H19N3O/c1-10(4-2-5-12-10)9(14)13-8-3-6-11-7-8/h8,11-12H,2-7H2,1H3,(H,13,14). The van der Waals surface area contributed by atoms with Gasteiger partial charge in [0.05, 0.1) is 5.54 Å². The quantitative estimate of drug-likeness (QED) is 0.565. The van der Waals surface area contributed by atoms with Gasteiger partial charge in [-0.1, -0.05) is 0 Å². The Balaban J connectivity index is 1.87. The van der Waals surface area contributed by atoms with Crippen LogP contribution in [0.15, 0.2) is 0 Å². The first-order chi connectivity index (χ1) is 6.71. The van der Waals surface area contributed by atoms with Crippen molar-refractivity contribution in [2.75, 3.05) is 19.6 Å². The summed E-state index contributed by atoms with van der Waals surface area (Å²) in [4.78, 5) is 11.9. The molecule has 2 atom stereocenters. The molecule has 2 unspecified atom stereocenters. The molecule has 2 saturated heterocycles. The molecule has 0 aliphatic carbocycles. The van der Waals surface area contributed by atoms with Crippen LogP contribution in [0, 0.1) is 0 Å². The number of nitrogens with one attached hydrogen (secondary N) is 3. The lowest BCUT2D eigenvalue weighted by molar-refractivity contribution is -0.127. The van der Waals surface area contributed by atoms with Crippen LogP contribution in [0.1, 0.15) is 26.2 Å². The predicted molar refractivity (Wildman–Crippen MR) is 55.1 cm³/mol. The first-order valence-corrected chi connectivity index (χ1v) is 5.47. The minimum Gasteiger partial charge on any atom is -0.350 e. The van der Waals surface area contributed by atoms with Crippen LogP contribution in [-0.2, 0) is 4.79 Å². The van der Waals surface area contributed by atoms with E-state index >= 15 is 0 Å². The highest BCUT2D eigenvalue weighted by atomic mass is 16.2. The Morgan fingerprint density at radius 1 is 1.50 bits per heavy atom. The molecule has 0 saturated carbocycles. The number of hydrogen-bond acceptors (Lipinski definition) is 3. The molecule has 80 valence electrons. The fourth-order valence-corrected chi connectivity index (χ4v) is 2.21. The molecule has 4 nitrogen and oxygen atoms in total. The molecule has 0 spiro atoms. The minimum atomic E-state index is -0.317. The third-order valence-electron chi connectivity index (χ3n) is 3.27. The van der Waals surface area contributed by atoms with E-state index in [1.54, 1.807) is 0 Å². The molecule has 2 aliphatic rings. The number of hydrogen-bond donors (Lipinski definition) is 3. The molecule has 2 rings (SSSR count). The van der Waals surface area contributed by atoms with Gasteiger partial charge in [-0.25, -0.2) is 0 Å². The fourth-order valence-electron chi connectivity index (χ4n) is 2.21. The average Bonchev–Trinajstić information content (AvgIpc) is 2.76. The summed E-state index contributed by atoms with van der Waals surface area (Å²) >= 11 is 0. The van der Waals surface area contributed by atoms with Crippen molar-refractivity contribution < 1.29 is 4.79 Å². The van der Waals surface area contributed by atoms with Crippen molar-refractivity contribution >= 4 is 5.91 Å². The first-order valence-electron chi connectivity index (χ1n) is 5.47. The van der Waals surface area contributed by atoms with Crippen LogP contribution in [0.2, 0.25) is 0 Å². The average molecular weight is 197 g/mol. The predicted octanol–water partition coefficient (Wildman–Crippen LogP) is -0.393. The Morgan fingerprint density at radius 3 is 2.93 bits per heavy atom. The van der Waals surface area contributed by atoms with Crippen LogP contribution >= 0.6 is 0 Å². The lowest BCUT2D eigenvalue weighted by atomic mass is 9.99. The Bertz CT molecular complexity index is 217. The van der Waals surface area contributed by atoms with Crippen LogP contribution in [0.3, 0.4) is 0 Å². The second-order valence-electron chi connectivity index (χ2n) is 4.53. The van der Waals surface area contributed by atoms with E-state index in [2.05, 4.69) is 16.0 Å². The van der Waals surface area contributed by atoms with E-state index < -0.39 is 0 Å². The topological polar surface area (TPSA) is 53.2 Å². The molecule has 0 aromatic heterocycles. The van der Waals surface area contributed by atoms with Crippen LogP contribution in [0.25, 0.3) is 0 Å². The van der Waals surface area contributed by atoms with E-state index in [1.807, 2.05) is 6.92 Å². The third-order valence-corrected chi connectivity index (χ3v) is 3.27. The summed E-state index contributed by atoms with van der Waals surface area (Å²) in [5, 5.41) is 9.62. The molecule has 14 heavy (non-hydrogen) atoms. The number of carbonyl (C=O) groups excluding carboxylic acids is 1. The summed E-state index contributed by atoms with van der Waals surface area (Å²) in [5.41, 5.74) is -0.317. The largest absolute Gasteiger partial charge is 0.350 e. The SMILES string of the molecule is CC1(C(=O)NC2CCNC2)CCCN1. The van der Waals surface area contributed by atoms with Gasteiger partial charge in [0.25, 0.3) is 0 Å². The van der Waals surface area contributed by atoms with Gasteiger partial charge in [0.2, 0.25) is 5.91 Å². The smallest absolute Gasteiger partial charge is 0.240 e. The van der Waals surface area contributed by atoms with E-state index in [0.717, 1.165) is 38.9 Å². The van der Waals surface area contributed by atoms with Crippen molar-refractivity contribution in [2.45, 2.75) is 37.8 Å². The van der Waals surface area contributed by atoms with Crippen LogP contribution in [0.4, 0.5) is 0 Å². The molecule has 0 aromatic rings. The van der Waals surface area contributed by atoms with Gasteiger partial charge in [-0.3, -0.25) is 4.79 Å². The van der Waals surface area contributed by atoms with Gasteiger partial charge < -0.3 is 16.0 Å². The number of rotatable bonds is 2. The van der Waals surface area contributed by atoms with E-state index in [1.165, 1.54) is 0 Å². The number of amides is 1. The van der Waals surface area contributed by atoms with E-state index in [9.17, 15) is 4.79 Å². The maximum absolute atomic E-state index is 11.9. The maximum atomic E-state index is 11.9. The Morgan fingerprint density at radius 2 is 2.36 bits per heavy atom. The zero-order valence-corrected chi connectivity index (χ0v) is 8.73. The molecule has 0 aromatic carbocycles. The highest BCUT2D eigenvalue weighted by Gasteiger charge is 2.36. The van der Waals surface area contributed by atoms with Gasteiger partial charge in [0.15, 0.2) is 0 Å². The molecule has 2 heterocycles. The second kappa shape index (κ2) is 3.87. The molecule has 0 radical (unpaired) electrons. The Hall–Kier alpha value is -0.610.